The van der Waals surface area contributed by atoms with Gasteiger partial charge in [-0.05, 0) is 97.0 Å². The third kappa shape index (κ3) is 21.2. The number of ether oxygens (including phenoxy) is 4. The molecule has 0 bridgehead atoms. The van der Waals surface area contributed by atoms with Crippen molar-refractivity contribution in [1.82, 2.24) is 0 Å². The number of aryl methyl sites for hydroxylation is 2. The van der Waals surface area contributed by atoms with E-state index in [0.717, 1.165) is 45.9 Å². The van der Waals surface area contributed by atoms with Gasteiger partial charge < -0.3 is 43.8 Å². The average molecular weight is 1140 g/mol. The van der Waals surface area contributed by atoms with Crippen molar-refractivity contribution >= 4 is 95.7 Å². The second-order valence-corrected chi connectivity index (χ2v) is 19.4. The van der Waals surface area contributed by atoms with Crippen LogP contribution in [0.2, 0.25) is 0 Å². The van der Waals surface area contributed by atoms with Gasteiger partial charge in [0, 0.05) is 43.5 Å². The number of benzene rings is 4. The van der Waals surface area contributed by atoms with Crippen molar-refractivity contribution in [2.45, 2.75) is 66.5 Å². The van der Waals surface area contributed by atoms with Crippen molar-refractivity contribution in [3.63, 3.8) is 0 Å². The Morgan fingerprint density at radius 3 is 1.60 bits per heavy atom. The van der Waals surface area contributed by atoms with E-state index < -0.39 is 23.9 Å². The summed E-state index contributed by atoms with van der Waals surface area (Å²) in [6.07, 6.45) is -0.0695. The fraction of sp³-hybridized carbons (Fsp3) is 0.310. The molecule has 23 heteroatoms. The maximum absolute atomic E-state index is 11.5. The van der Waals surface area contributed by atoms with E-state index in [-0.39, 0.29) is 75.1 Å². The van der Waals surface area contributed by atoms with Gasteiger partial charge in [0.15, 0.2) is 0 Å². The van der Waals surface area contributed by atoms with E-state index in [1.807, 2.05) is 92.7 Å². The predicted octanol–water partition coefficient (Wildman–Crippen LogP) is 9.05. The Labute approximate surface area is 500 Å². The second kappa shape index (κ2) is 34.9. The summed E-state index contributed by atoms with van der Waals surface area (Å²) in [5.74, 6) is -2.69. The van der Waals surface area contributed by atoms with Crippen molar-refractivity contribution in [3.05, 3.63) is 170 Å². The fourth-order valence-corrected chi connectivity index (χ4v) is 9.15. The Kier molecular flexibility index (Phi) is 28.2. The van der Waals surface area contributed by atoms with E-state index in [4.69, 9.17) is 39.0 Å². The number of carboxylic acids is 1. The number of nitrogens with zero attached hydrogens (tertiary/aromatic N) is 10. The number of aliphatic hydroxyl groups is 1. The van der Waals surface area contributed by atoms with Gasteiger partial charge in [0.05, 0.1) is 88.3 Å². The molecule has 1 aliphatic heterocycles. The van der Waals surface area contributed by atoms with Crippen molar-refractivity contribution < 1.29 is 77.9 Å². The summed E-state index contributed by atoms with van der Waals surface area (Å²) in [7, 11) is 0. The minimum atomic E-state index is -1.29. The third-order valence-corrected chi connectivity index (χ3v) is 13.8. The van der Waals surface area contributed by atoms with Gasteiger partial charge in [-0.15, -0.1) is 22.7 Å². The number of thiophene rings is 2. The smallest absolute Gasteiger partial charge is 0.550 e. The zero-order valence-corrected chi connectivity index (χ0v) is 49.2. The molecule has 0 aliphatic carbocycles. The number of cyclic esters (lactones) is 2. The quantitative estimate of drug-likeness (QED) is 0.0149. The van der Waals surface area contributed by atoms with Crippen LogP contribution in [0.1, 0.15) is 63.9 Å². The van der Waals surface area contributed by atoms with Crippen LogP contribution < -0.4 is 44.5 Å². The maximum atomic E-state index is 11.5. The number of anilines is 2. The minimum absolute atomic E-state index is 0. The number of carboxylic acid groups (broad SMARTS) is 1. The molecule has 2 aromatic heterocycles. The number of esters is 3. The van der Waals surface area contributed by atoms with Crippen LogP contribution >= 0.6 is 22.7 Å². The molecule has 0 radical (unpaired) electrons. The van der Waals surface area contributed by atoms with Crippen LogP contribution in [-0.2, 0) is 51.2 Å². The number of aliphatic hydroxyl groups excluding tert-OH is 1. The number of aliphatic carboxylic acids is 1. The molecule has 7 rings (SSSR count). The van der Waals surface area contributed by atoms with Gasteiger partial charge >= 0.3 is 47.5 Å². The normalized spacial score (nSPS) is 11.4. The number of rotatable bonds is 24. The third-order valence-electron chi connectivity index (χ3n) is 11.6. The first-order valence-electron chi connectivity index (χ1n) is 24.9. The van der Waals surface area contributed by atoms with Crippen LogP contribution in [0.25, 0.3) is 14.5 Å². The summed E-state index contributed by atoms with van der Waals surface area (Å²) in [5, 5.41) is 47.3. The first-order chi connectivity index (χ1) is 38.7. The number of carbonyl (C=O) groups is 4. The van der Waals surface area contributed by atoms with Crippen molar-refractivity contribution in [1.29, 1.82) is 5.26 Å². The van der Waals surface area contributed by atoms with E-state index >= 15 is 0 Å². The van der Waals surface area contributed by atoms with E-state index in [1.54, 1.807) is 13.8 Å². The molecule has 6 aromatic rings. The molecule has 1 aliphatic rings. The monoisotopic (exact) mass is 1140 g/mol. The largest absolute Gasteiger partial charge is 1.00 e. The van der Waals surface area contributed by atoms with E-state index in [0.29, 0.717) is 93.2 Å². The summed E-state index contributed by atoms with van der Waals surface area (Å²) >= 11 is 2.34. The van der Waals surface area contributed by atoms with Gasteiger partial charge in [-0.3, -0.25) is 14.4 Å². The molecule has 0 amide bonds. The fourth-order valence-electron chi connectivity index (χ4n) is 7.42. The predicted molar refractivity (Wildman–Crippen MR) is 302 cm³/mol. The summed E-state index contributed by atoms with van der Waals surface area (Å²) in [6, 6.07) is 34.1. The first kappa shape index (κ1) is 65.5. The molecule has 412 valence electrons. The Hall–Kier alpha value is -8.00. The molecule has 4 aromatic carbocycles. The number of hydrogen-bond donors (Lipinski definition) is 1. The number of hydrogen-bond acceptors (Lipinski definition) is 19. The van der Waals surface area contributed by atoms with Crippen LogP contribution in [0, 0.1) is 58.7 Å². The van der Waals surface area contributed by atoms with Gasteiger partial charge in [-0.2, -0.15) is 25.7 Å². The van der Waals surface area contributed by atoms with E-state index in [2.05, 4.69) is 73.8 Å². The van der Waals surface area contributed by atoms with E-state index in [9.17, 15) is 29.5 Å². The molecule has 20 nitrogen and oxygen atoms in total. The zero-order chi connectivity index (χ0) is 57.8. The summed E-state index contributed by atoms with van der Waals surface area (Å²) in [4.78, 5) is 57.3. The minimum Gasteiger partial charge on any atom is -0.550 e. The summed E-state index contributed by atoms with van der Waals surface area (Å²) in [5.41, 5.74) is 9.53. The molecule has 0 spiro atoms. The molecule has 1 fully saturated rings. The van der Waals surface area contributed by atoms with Crippen molar-refractivity contribution in [2.24, 2.45) is 20.5 Å². The molecule has 0 unspecified atom stereocenters. The number of nitriles is 1. The van der Waals surface area contributed by atoms with Crippen LogP contribution in [-0.4, -0.2) is 81.7 Å². The van der Waals surface area contributed by atoms with Gasteiger partial charge in [0.2, 0.25) is 16.4 Å². The molecule has 81 heavy (non-hydrogen) atoms. The molecule has 0 atom stereocenters. The van der Waals surface area contributed by atoms with Crippen LogP contribution in [0.15, 0.2) is 118 Å². The second-order valence-electron chi connectivity index (χ2n) is 17.4. The Balaban J connectivity index is 0.000000310. The molecule has 3 heterocycles. The van der Waals surface area contributed by atoms with Crippen molar-refractivity contribution in [3.8, 4) is 6.07 Å². The topological polar surface area (TPSA) is 241 Å². The average Bonchev–Trinajstić information content (AvgIpc) is 4.11. The molecule has 1 N–H and O–H groups in total. The SMILES string of the molecule is O=C1CCC(=O)O1.[C-]#[N+]c1c(N=Nc2ccc(N(CCOCCOC(=O)CCC(=O)[O-])Cc3ccccc3)cc2C)sc(C#N)c1C.[C-]#[N+]c1sc(N=Nc2ccc(N(CCOCCO)Cc3ccccc3)cc2C)c([N+]#[C-])c1C.[Na+]. The number of azo groups is 2. The summed E-state index contributed by atoms with van der Waals surface area (Å²) in [6.45, 7) is 33.5. The molecule has 0 saturated carbocycles. The Bertz CT molecular complexity index is 3310. The van der Waals surface area contributed by atoms with Gasteiger partial charge in [-0.1, -0.05) is 67.6 Å². The maximum Gasteiger partial charge on any atom is 1.00 e. The molecule has 1 saturated heterocycles. The van der Waals surface area contributed by atoms with Crippen LogP contribution in [0.4, 0.5) is 49.1 Å². The summed E-state index contributed by atoms with van der Waals surface area (Å²) < 4.78 is 20.2. The zero-order valence-electron chi connectivity index (χ0n) is 45.5. The molecular weight excluding hydrogens is 1080 g/mol. The van der Waals surface area contributed by atoms with Gasteiger partial charge in [-0.25, -0.2) is 14.5 Å². The van der Waals surface area contributed by atoms with E-state index in [1.165, 1.54) is 16.9 Å². The van der Waals surface area contributed by atoms with Crippen LogP contribution in [0.3, 0.4) is 0 Å². The number of carbonyl (C=O) groups excluding carboxylic acids is 4. The molecular formula is C58H57N10NaO10S2. The Morgan fingerprint density at radius 1 is 0.679 bits per heavy atom. The van der Waals surface area contributed by atoms with Crippen LogP contribution in [0.5, 0.6) is 0 Å². The van der Waals surface area contributed by atoms with Gasteiger partial charge in [0.25, 0.3) is 0 Å². The van der Waals surface area contributed by atoms with Crippen molar-refractivity contribution in [2.75, 3.05) is 62.5 Å². The first-order valence-corrected chi connectivity index (χ1v) is 26.6. The van der Waals surface area contributed by atoms with Gasteiger partial charge in [0.1, 0.15) is 22.7 Å². The Morgan fingerprint density at radius 2 is 1.17 bits per heavy atom. The standard InChI is InChI=1S/C29H29N5O5S.C25H25N5O2S.C4H4O3.Na/c1-20-17-23(9-10-24(20)32-33-29-28(31-3)21(2)25(18-30)40-29)34(19-22-7-5-4-6-8-22)13-14-38-15-16-39-27(37)12-11-26(35)36;1-18-16-21(30(12-14-32-15-13-31)17-20-8-6-5-7-9-20)10-11-22(18)28-29-25-23(26-3)19(2)24(27-4)33-25;5-3-1-2-4(6)7-3;/h4-10,17H,11-16,19H2,1-2H3,(H,35,36);5-11,16,31H,12-15,17H2,1-2H3;1-2H2;/q;;;+1/p-1.